The van der Waals surface area contributed by atoms with Crippen molar-refractivity contribution < 1.29 is 9.53 Å². The van der Waals surface area contributed by atoms with E-state index >= 15 is 0 Å². The molecule has 0 spiro atoms. The Balaban J connectivity index is 2.79. The SMILES string of the molecule is COC(=O)c1cnc2c(C)cc(Cl)cc2c1Cl. The Labute approximate surface area is 108 Å². The van der Waals surface area contributed by atoms with Gasteiger partial charge in [0.25, 0.3) is 0 Å². The third-order valence-electron chi connectivity index (χ3n) is 2.47. The monoisotopic (exact) mass is 269 g/mol. The zero-order chi connectivity index (χ0) is 12.6. The Kier molecular flexibility index (Phi) is 3.22. The molecule has 17 heavy (non-hydrogen) atoms. The molecule has 0 atom stereocenters. The molecule has 2 aromatic rings. The smallest absolute Gasteiger partial charge is 0.340 e. The normalized spacial score (nSPS) is 10.6. The second kappa shape index (κ2) is 4.51. The fourth-order valence-electron chi connectivity index (χ4n) is 1.66. The largest absolute Gasteiger partial charge is 0.465 e. The van der Waals surface area contributed by atoms with E-state index in [1.54, 1.807) is 12.1 Å². The first kappa shape index (κ1) is 12.1. The molecule has 0 unspecified atom stereocenters. The van der Waals surface area contributed by atoms with Gasteiger partial charge in [-0.2, -0.15) is 0 Å². The second-order valence-electron chi connectivity index (χ2n) is 3.60. The zero-order valence-corrected chi connectivity index (χ0v) is 10.8. The Morgan fingerprint density at radius 1 is 1.35 bits per heavy atom. The van der Waals surface area contributed by atoms with Crippen molar-refractivity contribution in [1.82, 2.24) is 4.98 Å². The molecule has 0 amide bonds. The maximum atomic E-state index is 11.5. The molecule has 5 heteroatoms. The quantitative estimate of drug-likeness (QED) is 0.742. The van der Waals surface area contributed by atoms with E-state index < -0.39 is 5.97 Å². The number of carbonyl (C=O) groups excluding carboxylic acids is 1. The lowest BCUT2D eigenvalue weighted by Gasteiger charge is -2.07. The van der Waals surface area contributed by atoms with Crippen LogP contribution in [-0.2, 0) is 4.74 Å². The van der Waals surface area contributed by atoms with Crippen LogP contribution in [0, 0.1) is 6.92 Å². The Morgan fingerprint density at radius 3 is 2.71 bits per heavy atom. The van der Waals surface area contributed by atoms with Crippen LogP contribution in [0.4, 0.5) is 0 Å². The number of benzene rings is 1. The molecule has 0 aliphatic heterocycles. The summed E-state index contributed by atoms with van der Waals surface area (Å²) in [5.41, 5.74) is 1.88. The molecule has 88 valence electrons. The number of hydrogen-bond acceptors (Lipinski definition) is 3. The van der Waals surface area contributed by atoms with Gasteiger partial charge < -0.3 is 4.74 Å². The summed E-state index contributed by atoms with van der Waals surface area (Å²) in [6.07, 6.45) is 1.41. The number of pyridine rings is 1. The third kappa shape index (κ3) is 2.08. The molecule has 0 radical (unpaired) electrons. The van der Waals surface area contributed by atoms with Crippen LogP contribution in [0.15, 0.2) is 18.3 Å². The molecule has 1 aromatic carbocycles. The number of hydrogen-bond donors (Lipinski definition) is 0. The molecule has 1 aromatic heterocycles. The molecular formula is C12H9Cl2NO2. The van der Waals surface area contributed by atoms with Gasteiger partial charge >= 0.3 is 5.97 Å². The number of fused-ring (bicyclic) bond motifs is 1. The topological polar surface area (TPSA) is 39.2 Å². The van der Waals surface area contributed by atoms with Gasteiger partial charge in [0, 0.05) is 16.6 Å². The molecule has 0 N–H and O–H groups in total. The van der Waals surface area contributed by atoms with E-state index in [0.29, 0.717) is 15.4 Å². The molecule has 0 saturated carbocycles. The van der Waals surface area contributed by atoms with E-state index in [9.17, 15) is 4.79 Å². The van der Waals surface area contributed by atoms with Gasteiger partial charge in [0.05, 0.1) is 23.2 Å². The maximum absolute atomic E-state index is 11.5. The summed E-state index contributed by atoms with van der Waals surface area (Å²) in [6.45, 7) is 1.88. The molecule has 0 aliphatic carbocycles. The number of halogens is 2. The lowest BCUT2D eigenvalue weighted by Crippen LogP contribution is -2.03. The van der Waals surface area contributed by atoms with Crippen LogP contribution in [0.5, 0.6) is 0 Å². The third-order valence-corrected chi connectivity index (χ3v) is 3.09. The van der Waals surface area contributed by atoms with Crippen LogP contribution >= 0.6 is 23.2 Å². The van der Waals surface area contributed by atoms with Crippen LogP contribution in [0.1, 0.15) is 15.9 Å². The highest BCUT2D eigenvalue weighted by molar-refractivity contribution is 6.39. The first-order valence-corrected chi connectivity index (χ1v) is 5.63. The predicted octanol–water partition coefficient (Wildman–Crippen LogP) is 3.64. The van der Waals surface area contributed by atoms with Crippen molar-refractivity contribution in [3.63, 3.8) is 0 Å². The Morgan fingerprint density at radius 2 is 2.06 bits per heavy atom. The number of methoxy groups -OCH3 is 1. The highest BCUT2D eigenvalue weighted by atomic mass is 35.5. The van der Waals surface area contributed by atoms with Crippen molar-refractivity contribution in [2.45, 2.75) is 6.92 Å². The summed E-state index contributed by atoms with van der Waals surface area (Å²) < 4.78 is 4.63. The average Bonchev–Trinajstić information content (AvgIpc) is 2.29. The van der Waals surface area contributed by atoms with Crippen LogP contribution in [0.25, 0.3) is 10.9 Å². The lowest BCUT2D eigenvalue weighted by molar-refractivity contribution is 0.0600. The van der Waals surface area contributed by atoms with Crippen molar-refractivity contribution in [3.05, 3.63) is 39.5 Å². The number of carbonyl (C=O) groups is 1. The highest BCUT2D eigenvalue weighted by Crippen LogP contribution is 2.30. The minimum absolute atomic E-state index is 0.239. The summed E-state index contributed by atoms with van der Waals surface area (Å²) in [4.78, 5) is 15.7. The van der Waals surface area contributed by atoms with Gasteiger partial charge in [-0.05, 0) is 24.6 Å². The highest BCUT2D eigenvalue weighted by Gasteiger charge is 2.15. The molecule has 0 aliphatic rings. The summed E-state index contributed by atoms with van der Waals surface area (Å²) in [5, 5.41) is 1.52. The van der Waals surface area contributed by atoms with Crippen molar-refractivity contribution >= 4 is 40.1 Å². The summed E-state index contributed by atoms with van der Waals surface area (Å²) >= 11 is 12.1. The molecule has 3 nitrogen and oxygen atoms in total. The molecule has 2 rings (SSSR count). The molecule has 0 fully saturated rings. The van der Waals surface area contributed by atoms with Crippen LogP contribution in [-0.4, -0.2) is 18.1 Å². The van der Waals surface area contributed by atoms with Crippen molar-refractivity contribution in [3.8, 4) is 0 Å². The van der Waals surface area contributed by atoms with E-state index in [1.165, 1.54) is 13.3 Å². The number of esters is 1. The fraction of sp³-hybridized carbons (Fsp3) is 0.167. The number of aryl methyl sites for hydroxylation is 1. The maximum Gasteiger partial charge on any atom is 0.340 e. The van der Waals surface area contributed by atoms with Crippen LogP contribution in [0.3, 0.4) is 0 Å². The Hall–Kier alpha value is -1.32. The van der Waals surface area contributed by atoms with Gasteiger partial charge in [-0.15, -0.1) is 0 Å². The first-order valence-electron chi connectivity index (χ1n) is 4.87. The standard InChI is InChI=1S/C12H9Cl2NO2/c1-6-3-7(13)4-8-10(14)9(12(16)17-2)5-15-11(6)8/h3-5H,1-2H3. The van der Waals surface area contributed by atoms with E-state index in [4.69, 9.17) is 23.2 Å². The minimum Gasteiger partial charge on any atom is -0.465 e. The molecule has 0 bridgehead atoms. The first-order chi connectivity index (χ1) is 8.04. The summed E-state index contributed by atoms with van der Waals surface area (Å²) in [7, 11) is 1.30. The van der Waals surface area contributed by atoms with Crippen molar-refractivity contribution in [1.29, 1.82) is 0 Å². The lowest BCUT2D eigenvalue weighted by atomic mass is 10.1. The van der Waals surface area contributed by atoms with Gasteiger partial charge in [0.2, 0.25) is 0 Å². The number of rotatable bonds is 1. The zero-order valence-electron chi connectivity index (χ0n) is 9.25. The van der Waals surface area contributed by atoms with E-state index in [1.807, 2.05) is 6.92 Å². The number of ether oxygens (including phenoxy) is 1. The summed E-state index contributed by atoms with van der Waals surface area (Å²) in [6, 6.07) is 3.48. The van der Waals surface area contributed by atoms with Gasteiger partial charge in [-0.1, -0.05) is 23.2 Å². The Bertz CT molecular complexity index is 611. The minimum atomic E-state index is -0.512. The average molecular weight is 270 g/mol. The number of nitrogens with zero attached hydrogens (tertiary/aromatic N) is 1. The predicted molar refractivity (Wildman–Crippen MR) is 67.8 cm³/mol. The fourth-order valence-corrected chi connectivity index (χ4v) is 2.20. The molecular weight excluding hydrogens is 261 g/mol. The van der Waals surface area contributed by atoms with Crippen LogP contribution in [0.2, 0.25) is 10.0 Å². The van der Waals surface area contributed by atoms with Gasteiger partial charge in [-0.3, -0.25) is 4.98 Å². The number of aromatic nitrogens is 1. The van der Waals surface area contributed by atoms with Gasteiger partial charge in [-0.25, -0.2) is 4.79 Å². The van der Waals surface area contributed by atoms with Crippen molar-refractivity contribution in [2.24, 2.45) is 0 Å². The van der Waals surface area contributed by atoms with Gasteiger partial charge in [0.15, 0.2) is 0 Å². The summed E-state index contributed by atoms with van der Waals surface area (Å²) in [5.74, 6) is -0.512. The van der Waals surface area contributed by atoms with Gasteiger partial charge in [0.1, 0.15) is 0 Å². The van der Waals surface area contributed by atoms with E-state index in [2.05, 4.69) is 9.72 Å². The van der Waals surface area contributed by atoms with Crippen LogP contribution < -0.4 is 0 Å². The van der Waals surface area contributed by atoms with E-state index in [0.717, 1.165) is 11.1 Å². The second-order valence-corrected chi connectivity index (χ2v) is 4.41. The molecule has 1 heterocycles. The van der Waals surface area contributed by atoms with Crippen molar-refractivity contribution in [2.75, 3.05) is 7.11 Å². The molecule has 0 saturated heterocycles. The van der Waals surface area contributed by atoms with E-state index in [-0.39, 0.29) is 5.56 Å².